The maximum atomic E-state index is 6.42. The summed E-state index contributed by atoms with van der Waals surface area (Å²) in [4.78, 5) is 0. The van der Waals surface area contributed by atoms with Gasteiger partial charge in [-0.05, 0) is 35.7 Å². The summed E-state index contributed by atoms with van der Waals surface area (Å²) in [6.45, 7) is 4.25. The molecule has 0 saturated carbocycles. The largest absolute Gasteiger partial charge is 0.497 e. The first kappa shape index (κ1) is 13.6. The van der Waals surface area contributed by atoms with E-state index in [4.69, 9.17) is 10.5 Å². The van der Waals surface area contributed by atoms with Crippen LogP contribution in [0.4, 0.5) is 0 Å². The molecule has 0 spiro atoms. The van der Waals surface area contributed by atoms with Crippen molar-refractivity contribution in [2.75, 3.05) is 7.11 Å². The lowest BCUT2D eigenvalue weighted by Gasteiger charge is -2.22. The topological polar surface area (TPSA) is 35.2 Å². The first-order valence-electron chi connectivity index (χ1n) is 6.58. The van der Waals surface area contributed by atoms with Gasteiger partial charge >= 0.3 is 0 Å². The molecule has 19 heavy (non-hydrogen) atoms. The van der Waals surface area contributed by atoms with E-state index in [2.05, 4.69) is 44.2 Å². The minimum Gasteiger partial charge on any atom is -0.497 e. The third-order valence-electron chi connectivity index (χ3n) is 3.70. The second-order valence-corrected chi connectivity index (χ2v) is 4.95. The maximum absolute atomic E-state index is 6.42. The van der Waals surface area contributed by atoms with E-state index in [-0.39, 0.29) is 12.0 Å². The van der Waals surface area contributed by atoms with Crippen LogP contribution in [-0.4, -0.2) is 7.11 Å². The Morgan fingerprint density at radius 2 is 1.74 bits per heavy atom. The van der Waals surface area contributed by atoms with Crippen LogP contribution in [0.5, 0.6) is 5.75 Å². The fraction of sp³-hybridized carbons (Fsp3) is 0.294. The van der Waals surface area contributed by atoms with Crippen LogP contribution < -0.4 is 10.5 Å². The van der Waals surface area contributed by atoms with Gasteiger partial charge < -0.3 is 10.5 Å². The number of ether oxygens (including phenoxy) is 1. The van der Waals surface area contributed by atoms with Crippen molar-refractivity contribution in [1.29, 1.82) is 0 Å². The number of rotatable bonds is 4. The van der Waals surface area contributed by atoms with Crippen LogP contribution in [0.15, 0.2) is 48.5 Å². The van der Waals surface area contributed by atoms with E-state index in [1.807, 2.05) is 18.2 Å². The number of aryl methyl sites for hydroxylation is 1. The third kappa shape index (κ3) is 2.96. The highest BCUT2D eigenvalue weighted by Gasteiger charge is 2.18. The van der Waals surface area contributed by atoms with Crippen molar-refractivity contribution >= 4 is 0 Å². The highest BCUT2D eigenvalue weighted by atomic mass is 16.5. The van der Waals surface area contributed by atoms with Gasteiger partial charge in [0.1, 0.15) is 5.75 Å². The Bertz CT molecular complexity index is 536. The van der Waals surface area contributed by atoms with Gasteiger partial charge in [0.05, 0.1) is 7.11 Å². The number of hydrogen-bond donors (Lipinski definition) is 1. The highest BCUT2D eigenvalue weighted by molar-refractivity contribution is 5.38. The van der Waals surface area contributed by atoms with Crippen molar-refractivity contribution < 1.29 is 4.74 Å². The average molecular weight is 255 g/mol. The summed E-state index contributed by atoms with van der Waals surface area (Å²) in [5.41, 5.74) is 10.0. The molecule has 0 radical (unpaired) electrons. The fourth-order valence-corrected chi connectivity index (χ4v) is 2.38. The summed E-state index contributed by atoms with van der Waals surface area (Å²) in [6, 6.07) is 16.5. The molecule has 0 bridgehead atoms. The van der Waals surface area contributed by atoms with Crippen LogP contribution in [0.1, 0.15) is 35.6 Å². The first-order valence-corrected chi connectivity index (χ1v) is 6.58. The summed E-state index contributed by atoms with van der Waals surface area (Å²) in [6.07, 6.45) is 0. The molecule has 2 heteroatoms. The molecule has 0 amide bonds. The van der Waals surface area contributed by atoms with Crippen molar-refractivity contribution in [1.82, 2.24) is 0 Å². The van der Waals surface area contributed by atoms with Crippen molar-refractivity contribution in [2.24, 2.45) is 5.73 Å². The molecule has 0 heterocycles. The van der Waals surface area contributed by atoms with E-state index < -0.39 is 0 Å². The first-order chi connectivity index (χ1) is 9.13. The molecule has 0 aromatic heterocycles. The van der Waals surface area contributed by atoms with Gasteiger partial charge in [0, 0.05) is 12.0 Å². The van der Waals surface area contributed by atoms with E-state index >= 15 is 0 Å². The van der Waals surface area contributed by atoms with Crippen LogP contribution in [0.3, 0.4) is 0 Å². The van der Waals surface area contributed by atoms with Crippen LogP contribution in [0.2, 0.25) is 0 Å². The monoisotopic (exact) mass is 255 g/mol. The fourth-order valence-electron chi connectivity index (χ4n) is 2.38. The lowest BCUT2D eigenvalue weighted by Crippen LogP contribution is -2.18. The van der Waals surface area contributed by atoms with E-state index in [0.717, 1.165) is 5.75 Å². The lowest BCUT2D eigenvalue weighted by molar-refractivity contribution is 0.414. The summed E-state index contributed by atoms with van der Waals surface area (Å²) >= 11 is 0. The molecular weight excluding hydrogens is 234 g/mol. The van der Waals surface area contributed by atoms with Gasteiger partial charge in [0.25, 0.3) is 0 Å². The number of hydrogen-bond acceptors (Lipinski definition) is 2. The van der Waals surface area contributed by atoms with Gasteiger partial charge in [0.2, 0.25) is 0 Å². The minimum absolute atomic E-state index is 0.00620. The van der Waals surface area contributed by atoms with E-state index in [1.165, 1.54) is 16.7 Å². The zero-order valence-electron chi connectivity index (χ0n) is 11.8. The van der Waals surface area contributed by atoms with Crippen molar-refractivity contribution in [3.8, 4) is 5.75 Å². The Hall–Kier alpha value is -1.80. The molecule has 0 saturated heterocycles. The van der Waals surface area contributed by atoms with E-state index in [1.54, 1.807) is 7.11 Å². The number of benzene rings is 2. The summed E-state index contributed by atoms with van der Waals surface area (Å²) in [5, 5.41) is 0. The molecular formula is C17H21NO. The third-order valence-corrected chi connectivity index (χ3v) is 3.70. The van der Waals surface area contributed by atoms with Gasteiger partial charge in [-0.2, -0.15) is 0 Å². The van der Waals surface area contributed by atoms with Gasteiger partial charge in [-0.1, -0.05) is 43.3 Å². The standard InChI is InChI=1S/C17H21NO/c1-12-11-15(19-3)9-10-16(12)17(18)13(2)14-7-5-4-6-8-14/h4-11,13,17H,18H2,1-3H3. The SMILES string of the molecule is COc1ccc(C(N)C(C)c2ccccc2)c(C)c1. The molecule has 2 nitrogen and oxygen atoms in total. The van der Waals surface area contributed by atoms with Crippen molar-refractivity contribution in [2.45, 2.75) is 25.8 Å². The molecule has 0 fully saturated rings. The lowest BCUT2D eigenvalue weighted by atomic mass is 9.87. The Morgan fingerprint density at radius 3 is 2.32 bits per heavy atom. The van der Waals surface area contributed by atoms with Crippen LogP contribution in [0.25, 0.3) is 0 Å². The second-order valence-electron chi connectivity index (χ2n) is 4.95. The maximum Gasteiger partial charge on any atom is 0.119 e. The van der Waals surface area contributed by atoms with Gasteiger partial charge in [0.15, 0.2) is 0 Å². The smallest absolute Gasteiger partial charge is 0.119 e. The number of nitrogens with two attached hydrogens (primary N) is 1. The van der Waals surface area contributed by atoms with Gasteiger partial charge in [-0.25, -0.2) is 0 Å². The normalized spacial score (nSPS) is 13.9. The van der Waals surface area contributed by atoms with Crippen molar-refractivity contribution in [3.63, 3.8) is 0 Å². The van der Waals surface area contributed by atoms with Crippen LogP contribution in [-0.2, 0) is 0 Å². The Kier molecular flexibility index (Phi) is 4.23. The van der Waals surface area contributed by atoms with Crippen LogP contribution >= 0.6 is 0 Å². The molecule has 0 aliphatic rings. The average Bonchev–Trinajstić information content (AvgIpc) is 2.46. The predicted molar refractivity (Wildman–Crippen MR) is 79.5 cm³/mol. The minimum atomic E-state index is -0.00620. The highest BCUT2D eigenvalue weighted by Crippen LogP contribution is 2.31. The predicted octanol–water partition coefficient (Wildman–Crippen LogP) is 3.81. The Balaban J connectivity index is 2.26. The zero-order chi connectivity index (χ0) is 13.8. The second kappa shape index (κ2) is 5.89. The van der Waals surface area contributed by atoms with E-state index in [9.17, 15) is 0 Å². The summed E-state index contributed by atoms with van der Waals surface area (Å²) in [5.74, 6) is 1.16. The Labute approximate surface area is 115 Å². The molecule has 2 atom stereocenters. The molecule has 2 aromatic rings. The molecule has 100 valence electrons. The van der Waals surface area contributed by atoms with Crippen LogP contribution in [0, 0.1) is 6.92 Å². The molecule has 2 unspecified atom stereocenters. The quantitative estimate of drug-likeness (QED) is 0.901. The molecule has 2 aromatic carbocycles. The zero-order valence-corrected chi connectivity index (χ0v) is 11.8. The van der Waals surface area contributed by atoms with Gasteiger partial charge in [-0.3, -0.25) is 0 Å². The molecule has 0 aliphatic carbocycles. The van der Waals surface area contributed by atoms with Crippen molar-refractivity contribution in [3.05, 3.63) is 65.2 Å². The summed E-state index contributed by atoms with van der Waals surface area (Å²) in [7, 11) is 1.68. The molecule has 2 rings (SSSR count). The van der Waals surface area contributed by atoms with Gasteiger partial charge in [-0.15, -0.1) is 0 Å². The number of methoxy groups -OCH3 is 1. The molecule has 0 aliphatic heterocycles. The van der Waals surface area contributed by atoms with E-state index in [0.29, 0.717) is 0 Å². The summed E-state index contributed by atoms with van der Waals surface area (Å²) < 4.78 is 5.23. The molecule has 2 N–H and O–H groups in total. The Morgan fingerprint density at radius 1 is 1.05 bits per heavy atom.